The maximum Gasteiger partial charge on any atom is 0.331 e. The van der Waals surface area contributed by atoms with Crippen molar-refractivity contribution in [2.75, 3.05) is 13.2 Å². The molecule has 1 atom stereocenters. The number of aryl methyl sites for hydroxylation is 1. The second kappa shape index (κ2) is 6.64. The van der Waals surface area contributed by atoms with Gasteiger partial charge in [-0.25, -0.2) is 4.79 Å². The van der Waals surface area contributed by atoms with Crippen molar-refractivity contribution >= 4 is 35.1 Å². The maximum atomic E-state index is 12.0. The molecule has 1 heterocycles. The zero-order valence-corrected chi connectivity index (χ0v) is 12.7. The molecule has 0 saturated carbocycles. The lowest BCUT2D eigenvalue weighted by molar-refractivity contribution is -0.147. The average Bonchev–Trinajstić information content (AvgIpc) is 2.87. The summed E-state index contributed by atoms with van der Waals surface area (Å²) in [7, 11) is 0. The third-order valence-electron chi connectivity index (χ3n) is 3.45. The van der Waals surface area contributed by atoms with Crippen molar-refractivity contribution in [3.63, 3.8) is 0 Å². The van der Waals surface area contributed by atoms with Crippen molar-refractivity contribution in [2.45, 2.75) is 24.8 Å². The van der Waals surface area contributed by atoms with Gasteiger partial charge in [0.1, 0.15) is 0 Å². The van der Waals surface area contributed by atoms with Crippen LogP contribution >= 0.6 is 23.2 Å². The van der Waals surface area contributed by atoms with E-state index in [-0.39, 0.29) is 25.4 Å². The van der Waals surface area contributed by atoms with Gasteiger partial charge in [0, 0.05) is 29.5 Å². The van der Waals surface area contributed by atoms with E-state index in [2.05, 4.69) is 5.32 Å². The van der Waals surface area contributed by atoms with Gasteiger partial charge in [0.2, 0.25) is 5.91 Å². The van der Waals surface area contributed by atoms with E-state index < -0.39 is 11.5 Å². The number of aliphatic carboxylic acids is 1. The molecule has 1 fully saturated rings. The Morgan fingerprint density at radius 1 is 1.38 bits per heavy atom. The van der Waals surface area contributed by atoms with Crippen LogP contribution in [0, 0.1) is 0 Å². The van der Waals surface area contributed by atoms with Crippen LogP contribution in [0.15, 0.2) is 18.2 Å². The zero-order chi connectivity index (χ0) is 15.5. The van der Waals surface area contributed by atoms with Crippen molar-refractivity contribution in [3.8, 4) is 0 Å². The fourth-order valence-electron chi connectivity index (χ4n) is 2.19. The Bertz CT molecular complexity index is 556. The molecule has 0 aliphatic carbocycles. The lowest BCUT2D eigenvalue weighted by Crippen LogP contribution is -2.55. The van der Waals surface area contributed by atoms with Crippen molar-refractivity contribution in [1.29, 1.82) is 0 Å². The highest BCUT2D eigenvalue weighted by Gasteiger charge is 2.43. The first kappa shape index (κ1) is 16.1. The standard InChI is InChI=1S/C14H15Cl2NO4/c15-10-3-1-9(11(16)7-10)2-4-12(18)17-14(13(19)20)5-6-21-8-14/h1,3,7H,2,4-6,8H2,(H,17,18)(H,19,20). The van der Waals surface area contributed by atoms with Gasteiger partial charge in [0.05, 0.1) is 6.61 Å². The van der Waals surface area contributed by atoms with Gasteiger partial charge in [-0.05, 0) is 24.1 Å². The van der Waals surface area contributed by atoms with Crippen molar-refractivity contribution in [2.24, 2.45) is 0 Å². The first-order valence-corrected chi connectivity index (χ1v) is 7.25. The Morgan fingerprint density at radius 3 is 2.71 bits per heavy atom. The molecule has 0 radical (unpaired) electrons. The largest absolute Gasteiger partial charge is 0.479 e. The van der Waals surface area contributed by atoms with E-state index in [0.717, 1.165) is 5.56 Å². The van der Waals surface area contributed by atoms with Crippen LogP contribution in [0.2, 0.25) is 10.0 Å². The van der Waals surface area contributed by atoms with Gasteiger partial charge < -0.3 is 15.2 Å². The quantitative estimate of drug-likeness (QED) is 0.867. The number of ether oxygens (including phenoxy) is 1. The number of rotatable bonds is 5. The Balaban J connectivity index is 1.94. The van der Waals surface area contributed by atoms with Crippen LogP contribution in [-0.4, -0.2) is 35.7 Å². The van der Waals surface area contributed by atoms with Gasteiger partial charge in [-0.2, -0.15) is 0 Å². The molecule has 0 spiro atoms. The van der Waals surface area contributed by atoms with Gasteiger partial charge in [-0.1, -0.05) is 29.3 Å². The Morgan fingerprint density at radius 2 is 2.14 bits per heavy atom. The summed E-state index contributed by atoms with van der Waals surface area (Å²) in [4.78, 5) is 23.3. The fourth-order valence-corrected chi connectivity index (χ4v) is 2.69. The Labute approximate surface area is 132 Å². The van der Waals surface area contributed by atoms with E-state index in [4.69, 9.17) is 27.9 Å². The Kier molecular flexibility index (Phi) is 5.08. The monoisotopic (exact) mass is 331 g/mol. The number of amides is 1. The Hall–Kier alpha value is -1.30. The third kappa shape index (κ3) is 3.87. The lowest BCUT2D eigenvalue weighted by atomic mass is 9.98. The van der Waals surface area contributed by atoms with Crippen molar-refractivity contribution in [3.05, 3.63) is 33.8 Å². The van der Waals surface area contributed by atoms with Gasteiger partial charge in [0.25, 0.3) is 0 Å². The molecule has 2 rings (SSSR count). The second-order valence-corrected chi connectivity index (χ2v) is 5.82. The highest BCUT2D eigenvalue weighted by atomic mass is 35.5. The molecule has 1 aromatic rings. The molecule has 5 nitrogen and oxygen atoms in total. The van der Waals surface area contributed by atoms with Gasteiger partial charge in [-0.15, -0.1) is 0 Å². The summed E-state index contributed by atoms with van der Waals surface area (Å²) in [6.45, 7) is 0.325. The number of hydrogen-bond acceptors (Lipinski definition) is 3. The van der Waals surface area contributed by atoms with Crippen LogP contribution in [0.3, 0.4) is 0 Å². The van der Waals surface area contributed by atoms with Crippen LogP contribution in [0.4, 0.5) is 0 Å². The van der Waals surface area contributed by atoms with E-state index >= 15 is 0 Å². The smallest absolute Gasteiger partial charge is 0.331 e. The molecular formula is C14H15Cl2NO4. The molecule has 1 saturated heterocycles. The summed E-state index contributed by atoms with van der Waals surface area (Å²) in [5.74, 6) is -1.41. The molecule has 7 heteroatoms. The summed E-state index contributed by atoms with van der Waals surface area (Å²) < 4.78 is 5.09. The molecule has 1 aliphatic rings. The zero-order valence-electron chi connectivity index (χ0n) is 11.2. The predicted octanol–water partition coefficient (Wildman–Crippen LogP) is 2.29. The minimum atomic E-state index is -1.30. The van der Waals surface area contributed by atoms with Crippen LogP contribution in [-0.2, 0) is 20.7 Å². The van der Waals surface area contributed by atoms with Crippen molar-refractivity contribution in [1.82, 2.24) is 5.32 Å². The molecule has 21 heavy (non-hydrogen) atoms. The van der Waals surface area contributed by atoms with Crippen LogP contribution < -0.4 is 5.32 Å². The molecule has 2 N–H and O–H groups in total. The third-order valence-corrected chi connectivity index (χ3v) is 4.03. The number of halogens is 2. The molecule has 1 aliphatic heterocycles. The minimum Gasteiger partial charge on any atom is -0.479 e. The molecule has 1 aromatic carbocycles. The number of carbonyl (C=O) groups is 2. The molecule has 0 aromatic heterocycles. The number of carboxylic acids is 1. The van der Waals surface area contributed by atoms with E-state index in [9.17, 15) is 14.7 Å². The minimum absolute atomic E-state index is 0.00419. The summed E-state index contributed by atoms with van der Waals surface area (Å²) in [6, 6.07) is 5.06. The molecule has 0 bridgehead atoms. The van der Waals surface area contributed by atoms with E-state index in [1.54, 1.807) is 18.2 Å². The first-order valence-electron chi connectivity index (χ1n) is 6.49. The summed E-state index contributed by atoms with van der Waals surface area (Å²) in [5.41, 5.74) is -0.510. The average molecular weight is 332 g/mol. The highest BCUT2D eigenvalue weighted by molar-refractivity contribution is 6.35. The lowest BCUT2D eigenvalue weighted by Gasteiger charge is -2.23. The van der Waals surface area contributed by atoms with Crippen LogP contribution in [0.5, 0.6) is 0 Å². The topological polar surface area (TPSA) is 75.6 Å². The predicted molar refractivity (Wildman–Crippen MR) is 78.7 cm³/mol. The fraction of sp³-hybridized carbons (Fsp3) is 0.429. The number of hydrogen-bond donors (Lipinski definition) is 2. The summed E-state index contributed by atoms with van der Waals surface area (Å²) >= 11 is 11.8. The maximum absolute atomic E-state index is 12.0. The SMILES string of the molecule is O=C(CCc1ccc(Cl)cc1Cl)NC1(C(=O)O)CCOC1. The first-order chi connectivity index (χ1) is 9.93. The van der Waals surface area contributed by atoms with Crippen molar-refractivity contribution < 1.29 is 19.4 Å². The van der Waals surface area contributed by atoms with Crippen LogP contribution in [0.25, 0.3) is 0 Å². The van der Waals surface area contributed by atoms with Gasteiger partial charge in [0.15, 0.2) is 5.54 Å². The van der Waals surface area contributed by atoms with Gasteiger partial charge >= 0.3 is 5.97 Å². The van der Waals surface area contributed by atoms with E-state index in [0.29, 0.717) is 23.1 Å². The molecule has 114 valence electrons. The van der Waals surface area contributed by atoms with Gasteiger partial charge in [-0.3, -0.25) is 4.79 Å². The molecule has 1 amide bonds. The number of carboxylic acid groups (broad SMARTS) is 1. The number of carbonyl (C=O) groups excluding carboxylic acids is 1. The second-order valence-electron chi connectivity index (χ2n) is 4.97. The molecule has 1 unspecified atom stereocenters. The molecular weight excluding hydrogens is 317 g/mol. The normalized spacial score (nSPS) is 21.2. The van der Waals surface area contributed by atoms with E-state index in [1.807, 2.05) is 0 Å². The number of nitrogens with one attached hydrogen (secondary N) is 1. The number of benzene rings is 1. The van der Waals surface area contributed by atoms with E-state index in [1.165, 1.54) is 0 Å². The summed E-state index contributed by atoms with van der Waals surface area (Å²) in [6.07, 6.45) is 0.838. The summed E-state index contributed by atoms with van der Waals surface area (Å²) in [5, 5.41) is 12.8. The highest BCUT2D eigenvalue weighted by Crippen LogP contribution is 2.23. The van der Waals surface area contributed by atoms with Crippen LogP contribution in [0.1, 0.15) is 18.4 Å².